The molecule has 5 heteroatoms. The molecule has 0 fully saturated rings. The van der Waals surface area contributed by atoms with Gasteiger partial charge < -0.3 is 0 Å². The van der Waals surface area contributed by atoms with Crippen LogP contribution in [0.3, 0.4) is 0 Å². The van der Waals surface area contributed by atoms with Crippen molar-refractivity contribution in [2.24, 2.45) is 0 Å². The summed E-state index contributed by atoms with van der Waals surface area (Å²) in [5.41, 5.74) is 2.32. The fraction of sp³-hybridized carbons (Fsp3) is 0.267. The maximum absolute atomic E-state index is 4.07. The Morgan fingerprint density at radius 3 is 2.80 bits per heavy atom. The molecule has 2 rings (SSSR count). The van der Waals surface area contributed by atoms with Crippen molar-refractivity contribution in [3.05, 3.63) is 54.1 Å². The third-order valence-electron chi connectivity index (χ3n) is 2.86. The summed E-state index contributed by atoms with van der Waals surface area (Å²) in [7, 11) is 0. The second kappa shape index (κ2) is 7.65. The van der Waals surface area contributed by atoms with Crippen LogP contribution in [-0.4, -0.2) is 26.0 Å². The van der Waals surface area contributed by atoms with Crippen molar-refractivity contribution >= 4 is 11.8 Å². The van der Waals surface area contributed by atoms with Gasteiger partial charge in [-0.25, -0.2) is 0 Å². The lowest BCUT2D eigenvalue weighted by atomic mass is 10.2. The van der Waals surface area contributed by atoms with Crippen LogP contribution in [0.2, 0.25) is 0 Å². The quantitative estimate of drug-likeness (QED) is 0.600. The number of rotatable bonds is 6. The van der Waals surface area contributed by atoms with Crippen LogP contribution < -0.4 is 0 Å². The second-order valence-corrected chi connectivity index (χ2v) is 5.13. The molecular weight excluding hydrogens is 268 g/mol. The molecule has 0 spiro atoms. The fourth-order valence-corrected chi connectivity index (χ4v) is 2.44. The van der Waals surface area contributed by atoms with E-state index >= 15 is 0 Å². The zero-order valence-corrected chi connectivity index (χ0v) is 12.5. The highest BCUT2D eigenvalue weighted by Crippen LogP contribution is 2.18. The van der Waals surface area contributed by atoms with E-state index in [0.29, 0.717) is 0 Å². The summed E-state index contributed by atoms with van der Waals surface area (Å²) in [4.78, 5) is 0. The molecule has 0 saturated heterocycles. The molecule has 1 heterocycles. The lowest BCUT2D eigenvalue weighted by Crippen LogP contribution is -1.98. The van der Waals surface area contributed by atoms with Gasteiger partial charge in [-0.15, -0.1) is 5.10 Å². The van der Waals surface area contributed by atoms with Gasteiger partial charge in [-0.3, -0.25) is 0 Å². The minimum atomic E-state index is 0.805. The van der Waals surface area contributed by atoms with E-state index in [2.05, 4.69) is 47.6 Å². The lowest BCUT2D eigenvalue weighted by Gasteiger charge is -2.02. The summed E-state index contributed by atoms with van der Waals surface area (Å²) in [6.45, 7) is 4.22. The van der Waals surface area contributed by atoms with Crippen LogP contribution in [0, 0.1) is 0 Å². The van der Waals surface area contributed by atoms with E-state index in [1.165, 1.54) is 5.57 Å². The zero-order chi connectivity index (χ0) is 14.2. The predicted octanol–water partition coefficient (Wildman–Crippen LogP) is 3.67. The van der Waals surface area contributed by atoms with Gasteiger partial charge in [-0.1, -0.05) is 60.7 Å². The molecule has 0 saturated carbocycles. The molecule has 0 aliphatic heterocycles. The van der Waals surface area contributed by atoms with Crippen molar-refractivity contribution in [2.75, 3.05) is 5.75 Å². The number of para-hydroxylation sites is 1. The Balaban J connectivity index is 2.00. The molecule has 0 unspecified atom stereocenters. The van der Waals surface area contributed by atoms with Crippen LogP contribution in [0.25, 0.3) is 5.69 Å². The van der Waals surface area contributed by atoms with Gasteiger partial charge in [0.15, 0.2) is 0 Å². The second-order valence-electron chi connectivity index (χ2n) is 4.14. The highest BCUT2D eigenvalue weighted by Gasteiger charge is 2.07. The number of benzene rings is 1. The Labute approximate surface area is 123 Å². The standard InChI is InChI=1S/C15H18N4S/c1-3-13(4-2)9-8-12-20-15-16-17-18-19(15)14-10-6-5-7-11-14/h3,5-11H,4,12H2,1-2H3. The number of nitrogens with zero attached hydrogens (tertiary/aromatic N) is 4. The molecule has 4 nitrogen and oxygen atoms in total. The van der Waals surface area contributed by atoms with Crippen LogP contribution in [0.5, 0.6) is 0 Å². The van der Waals surface area contributed by atoms with Crippen molar-refractivity contribution in [3.8, 4) is 5.69 Å². The Kier molecular flexibility index (Phi) is 5.55. The van der Waals surface area contributed by atoms with Crippen LogP contribution >= 0.6 is 11.8 Å². The Morgan fingerprint density at radius 2 is 2.10 bits per heavy atom. The van der Waals surface area contributed by atoms with E-state index in [0.717, 1.165) is 23.0 Å². The summed E-state index contributed by atoms with van der Waals surface area (Å²) in [6, 6.07) is 9.92. The molecule has 0 aliphatic rings. The maximum atomic E-state index is 4.07. The largest absolute Gasteiger partial charge is 0.214 e. The van der Waals surface area contributed by atoms with Crippen molar-refractivity contribution in [2.45, 2.75) is 25.4 Å². The Hall–Kier alpha value is -1.88. The monoisotopic (exact) mass is 286 g/mol. The minimum absolute atomic E-state index is 0.805. The van der Waals surface area contributed by atoms with E-state index in [-0.39, 0.29) is 0 Å². The van der Waals surface area contributed by atoms with E-state index < -0.39 is 0 Å². The third kappa shape index (κ3) is 3.81. The summed E-state index contributed by atoms with van der Waals surface area (Å²) >= 11 is 1.62. The van der Waals surface area contributed by atoms with Gasteiger partial charge in [0.05, 0.1) is 5.69 Å². The minimum Gasteiger partial charge on any atom is -0.188 e. The number of allylic oxidation sites excluding steroid dienone is 3. The van der Waals surface area contributed by atoms with Crippen molar-refractivity contribution < 1.29 is 0 Å². The van der Waals surface area contributed by atoms with Crippen LogP contribution in [-0.2, 0) is 0 Å². The molecule has 0 N–H and O–H groups in total. The molecule has 0 amide bonds. The molecule has 1 aromatic heterocycles. The van der Waals surface area contributed by atoms with Crippen LogP contribution in [0.1, 0.15) is 20.3 Å². The first kappa shape index (κ1) is 14.5. The lowest BCUT2D eigenvalue weighted by molar-refractivity contribution is 0.757. The van der Waals surface area contributed by atoms with Gasteiger partial charge in [0, 0.05) is 5.75 Å². The highest BCUT2D eigenvalue weighted by molar-refractivity contribution is 7.99. The SMILES string of the molecule is CC=C(C=CCSc1nnnn1-c1ccccc1)CC. The average molecular weight is 286 g/mol. The summed E-state index contributed by atoms with van der Waals surface area (Å²) in [6.07, 6.45) is 7.49. The van der Waals surface area contributed by atoms with Crippen molar-refractivity contribution in [1.82, 2.24) is 20.2 Å². The molecule has 20 heavy (non-hydrogen) atoms. The Bertz CT molecular complexity index is 587. The number of thioether (sulfide) groups is 1. The molecule has 0 bridgehead atoms. The molecule has 104 valence electrons. The normalized spacial score (nSPS) is 12.2. The van der Waals surface area contributed by atoms with Gasteiger partial charge in [0.25, 0.3) is 0 Å². The fourth-order valence-electron chi connectivity index (χ4n) is 1.74. The molecule has 0 atom stereocenters. The van der Waals surface area contributed by atoms with Crippen molar-refractivity contribution in [3.63, 3.8) is 0 Å². The molecule has 1 aromatic carbocycles. The van der Waals surface area contributed by atoms with Gasteiger partial charge in [-0.05, 0) is 35.9 Å². The summed E-state index contributed by atoms with van der Waals surface area (Å²) in [5.74, 6) is 0.852. The summed E-state index contributed by atoms with van der Waals surface area (Å²) in [5, 5.41) is 12.7. The van der Waals surface area contributed by atoms with Gasteiger partial charge in [0.1, 0.15) is 0 Å². The van der Waals surface area contributed by atoms with E-state index in [9.17, 15) is 0 Å². The van der Waals surface area contributed by atoms with Crippen molar-refractivity contribution in [1.29, 1.82) is 0 Å². The first-order valence-electron chi connectivity index (χ1n) is 6.63. The Morgan fingerprint density at radius 1 is 1.30 bits per heavy atom. The topological polar surface area (TPSA) is 43.6 Å². The molecule has 2 aromatic rings. The molecule has 0 radical (unpaired) electrons. The van der Waals surface area contributed by atoms with Gasteiger partial charge >= 0.3 is 0 Å². The van der Waals surface area contributed by atoms with E-state index in [4.69, 9.17) is 0 Å². The first-order valence-corrected chi connectivity index (χ1v) is 7.62. The first-order chi connectivity index (χ1) is 9.85. The van der Waals surface area contributed by atoms with E-state index in [1.807, 2.05) is 30.3 Å². The van der Waals surface area contributed by atoms with Crippen LogP contribution in [0.4, 0.5) is 0 Å². The zero-order valence-electron chi connectivity index (χ0n) is 11.7. The number of tetrazole rings is 1. The maximum Gasteiger partial charge on any atom is 0.214 e. The summed E-state index contributed by atoms with van der Waals surface area (Å²) < 4.78 is 1.76. The third-order valence-corrected chi connectivity index (χ3v) is 3.73. The highest BCUT2D eigenvalue weighted by atomic mass is 32.2. The predicted molar refractivity (Wildman–Crippen MR) is 83.1 cm³/mol. The van der Waals surface area contributed by atoms with Crippen LogP contribution in [0.15, 0.2) is 59.3 Å². The van der Waals surface area contributed by atoms with Gasteiger partial charge in [-0.2, -0.15) is 4.68 Å². The smallest absolute Gasteiger partial charge is 0.188 e. The number of hydrogen-bond acceptors (Lipinski definition) is 4. The number of aromatic nitrogens is 4. The average Bonchev–Trinajstić information content (AvgIpc) is 2.97. The molecular formula is C15H18N4S. The van der Waals surface area contributed by atoms with Gasteiger partial charge in [0.2, 0.25) is 5.16 Å². The molecule has 0 aliphatic carbocycles. The number of hydrogen-bond donors (Lipinski definition) is 0. The van der Waals surface area contributed by atoms with E-state index in [1.54, 1.807) is 16.4 Å².